The number of esters is 1. The van der Waals surface area contributed by atoms with Crippen LogP contribution in [0.1, 0.15) is 90.6 Å². The predicted octanol–water partition coefficient (Wildman–Crippen LogP) is 3.09. The number of aromatic nitrogens is 2. The molecule has 0 spiro atoms. The van der Waals surface area contributed by atoms with Gasteiger partial charge in [-0.15, -0.1) is 0 Å². The number of cyclic esters (lactones) is 1. The minimum absolute atomic E-state index is 0.00708. The molecule has 1 aliphatic carbocycles. The number of hydrogen-bond donors (Lipinski definition) is 7. The number of pyridine rings is 2. The third-order valence-electron chi connectivity index (χ3n) is 12.9. The van der Waals surface area contributed by atoms with E-state index >= 15 is 0 Å². The molecular formula is C55H63FN8O12S. The van der Waals surface area contributed by atoms with Crippen molar-refractivity contribution in [2.24, 2.45) is 0 Å². The van der Waals surface area contributed by atoms with E-state index in [4.69, 9.17) is 9.72 Å². The lowest BCUT2D eigenvalue weighted by Crippen LogP contribution is -2.44. The quantitative estimate of drug-likeness (QED) is 0.0242. The molecule has 0 saturated carbocycles. The van der Waals surface area contributed by atoms with Crippen molar-refractivity contribution >= 4 is 77.0 Å². The van der Waals surface area contributed by atoms with E-state index in [0.717, 1.165) is 57.4 Å². The van der Waals surface area contributed by atoms with Crippen LogP contribution in [-0.4, -0.2) is 107 Å². The molecule has 6 N–H and O–H groups in total. The fourth-order valence-corrected chi connectivity index (χ4v) is 9.49. The normalized spacial score (nSPS) is 15.8. The van der Waals surface area contributed by atoms with Gasteiger partial charge >= 0.3 is 5.97 Å². The lowest BCUT2D eigenvalue weighted by molar-refractivity contribution is -0.157. The highest BCUT2D eigenvalue weighted by molar-refractivity contribution is 7.82. The van der Waals surface area contributed by atoms with E-state index in [1.54, 1.807) is 41.8 Å². The molecule has 3 aliphatic heterocycles. The maximum atomic E-state index is 14.5. The number of nitrogens with one attached hydrogen (secondary N) is 5. The second-order valence-corrected chi connectivity index (χ2v) is 18.8. The van der Waals surface area contributed by atoms with Crippen molar-refractivity contribution in [1.82, 2.24) is 36.1 Å². The van der Waals surface area contributed by atoms with Crippen LogP contribution in [0.15, 0.2) is 71.5 Å². The Morgan fingerprint density at radius 1 is 0.883 bits per heavy atom. The molecule has 5 heterocycles. The number of carbonyl (C=O) groups excluding carboxylic acids is 8. The molecular weight excluding hydrogens is 1020 g/mol. The van der Waals surface area contributed by atoms with Gasteiger partial charge in [0.25, 0.3) is 5.56 Å². The van der Waals surface area contributed by atoms with Gasteiger partial charge in [-0.05, 0) is 92.0 Å². The van der Waals surface area contributed by atoms with Crippen LogP contribution in [0.4, 0.5) is 10.1 Å². The number of nitrogens with zero attached hydrogens (tertiary/aromatic N) is 3. The Labute approximate surface area is 449 Å². The number of aliphatic hydroxyl groups excluding tert-OH is 1. The van der Waals surface area contributed by atoms with Gasteiger partial charge in [-0.25, -0.2) is 19.1 Å². The van der Waals surface area contributed by atoms with E-state index in [1.165, 1.54) is 13.2 Å². The zero-order valence-electron chi connectivity index (χ0n) is 43.5. The summed E-state index contributed by atoms with van der Waals surface area (Å²) in [6.07, 6.45) is 2.92. The Balaban J connectivity index is 0.000000209. The number of thiol groups is 1. The van der Waals surface area contributed by atoms with Crippen molar-refractivity contribution in [3.63, 3.8) is 0 Å². The number of carbonyl (C=O) groups is 8. The first kappa shape index (κ1) is 58.4. The number of hydrogen-bond acceptors (Lipinski definition) is 14. The molecule has 5 aromatic rings. The van der Waals surface area contributed by atoms with E-state index in [-0.39, 0.29) is 98.3 Å². The summed E-state index contributed by atoms with van der Waals surface area (Å²) in [4.78, 5) is 111. The van der Waals surface area contributed by atoms with Gasteiger partial charge in [-0.2, -0.15) is 12.6 Å². The van der Waals surface area contributed by atoms with E-state index in [2.05, 4.69) is 43.9 Å². The molecule has 408 valence electrons. The summed E-state index contributed by atoms with van der Waals surface area (Å²) in [5, 5.41) is 23.1. The minimum atomic E-state index is -1.48. The Morgan fingerprint density at radius 2 is 1.56 bits per heavy atom. The van der Waals surface area contributed by atoms with Gasteiger partial charge in [0.15, 0.2) is 6.10 Å². The highest BCUT2D eigenvalue weighted by Crippen LogP contribution is 2.42. The van der Waals surface area contributed by atoms with Gasteiger partial charge in [-0.3, -0.25) is 38.4 Å². The summed E-state index contributed by atoms with van der Waals surface area (Å²) in [5.74, 6) is -3.00. The Hall–Kier alpha value is -7.82. The van der Waals surface area contributed by atoms with Crippen LogP contribution in [0.25, 0.3) is 22.3 Å². The van der Waals surface area contributed by atoms with Crippen LogP contribution in [0, 0.1) is 12.7 Å². The number of fused-ring (bicyclic) bond motifs is 5. The fraction of sp³-hybridized carbons (Fsp3) is 0.382. The summed E-state index contributed by atoms with van der Waals surface area (Å²) in [5.41, 5.74) is 8.29. The average Bonchev–Trinajstić information content (AvgIpc) is 3.93. The Kier molecular flexibility index (Phi) is 20.7. The van der Waals surface area contributed by atoms with Crippen molar-refractivity contribution in [2.45, 2.75) is 103 Å². The number of imide groups is 1. The van der Waals surface area contributed by atoms with E-state index in [9.17, 15) is 52.6 Å². The van der Waals surface area contributed by atoms with Gasteiger partial charge in [0.05, 0.1) is 59.6 Å². The van der Waals surface area contributed by atoms with Crippen LogP contribution in [0.2, 0.25) is 0 Å². The van der Waals surface area contributed by atoms with E-state index in [0.29, 0.717) is 59.5 Å². The van der Waals surface area contributed by atoms with Gasteiger partial charge < -0.3 is 45.7 Å². The van der Waals surface area contributed by atoms with E-state index < -0.39 is 23.2 Å². The third kappa shape index (κ3) is 14.4. The minimum Gasteiger partial charge on any atom is -0.458 e. The van der Waals surface area contributed by atoms with Crippen molar-refractivity contribution in [1.29, 1.82) is 0 Å². The summed E-state index contributed by atoms with van der Waals surface area (Å²) >= 11 is 4.11. The summed E-state index contributed by atoms with van der Waals surface area (Å²) in [7, 11) is 1.47. The number of halogens is 1. The molecule has 1 saturated heterocycles. The predicted molar refractivity (Wildman–Crippen MR) is 286 cm³/mol. The smallest absolute Gasteiger partial charge is 0.340 e. The molecule has 1 fully saturated rings. The zero-order chi connectivity index (χ0) is 55.9. The van der Waals surface area contributed by atoms with Crippen LogP contribution < -0.4 is 37.0 Å². The zero-order valence-corrected chi connectivity index (χ0v) is 44.4. The molecule has 3 unspecified atom stereocenters. The highest BCUT2D eigenvalue weighted by atomic mass is 32.1. The lowest BCUT2D eigenvalue weighted by Gasteiger charge is -2.22. The number of aliphatic hydroxyl groups is 1. The molecule has 2 aromatic heterocycles. The molecule has 0 bridgehead atoms. The largest absolute Gasteiger partial charge is 0.458 e. The van der Waals surface area contributed by atoms with Crippen molar-refractivity contribution in [3.8, 4) is 11.4 Å². The van der Waals surface area contributed by atoms with Gasteiger partial charge in [0.2, 0.25) is 41.9 Å². The molecule has 3 atom stereocenters. The fourth-order valence-electron chi connectivity index (χ4n) is 9.22. The van der Waals surface area contributed by atoms with Gasteiger partial charge in [0, 0.05) is 48.6 Å². The molecule has 0 radical (unpaired) electrons. The van der Waals surface area contributed by atoms with Crippen LogP contribution in [0.5, 0.6) is 0 Å². The second kappa shape index (κ2) is 27.3. The molecule has 20 nitrogen and oxygen atoms in total. The van der Waals surface area contributed by atoms with Crippen molar-refractivity contribution < 1.29 is 57.3 Å². The number of benzene rings is 3. The number of anilines is 1. The maximum Gasteiger partial charge on any atom is 0.340 e. The number of ether oxygens (including phenoxy) is 2. The Bertz CT molecular complexity index is 3100. The highest BCUT2D eigenvalue weighted by Gasteiger charge is 2.38. The standard InChI is InChI=1S/C26H30N4O5S.C22H17FN2O4.C5H10N2O3.C2H6/c1-17(13-19-5-3-2-4-6-19)29-24(33)16-28-23(32)15-27-22(31)12-9-18-7-10-20(11-8-18)30-25(34)14-21(36)26(30)35;1-9-10-3-2-4-11-13-7-25-17(19(13)24-16(18(10)11)6-15(9)23)5-12-14(21(25)27)8-29-22(28)20(12)26;1-10-4-7-5(9)2-6-3-8;1-2/h2-8,10-11,17,21,36H,9,12-16H2,1H3,(H,27,31)(H,28,32)(H,29,33);5-6,20,26H,2-4,7-8H2,1H3;3H,2,4H2,1H3,(H,6,8)(H,7,9);1-2H3. The average molecular weight is 1080 g/mol. The monoisotopic (exact) mass is 1080 g/mol. The number of amides is 7. The first-order chi connectivity index (χ1) is 37.0. The Morgan fingerprint density at radius 3 is 2.23 bits per heavy atom. The second-order valence-electron chi connectivity index (χ2n) is 18.2. The molecule has 22 heteroatoms. The van der Waals surface area contributed by atoms with Crippen molar-refractivity contribution in [3.05, 3.63) is 127 Å². The maximum absolute atomic E-state index is 14.5. The van der Waals surface area contributed by atoms with Crippen LogP contribution in [0.3, 0.4) is 0 Å². The topological polar surface area (TPSA) is 274 Å². The van der Waals surface area contributed by atoms with Crippen molar-refractivity contribution in [2.75, 3.05) is 38.4 Å². The molecule has 7 amide bonds. The molecule has 3 aromatic carbocycles. The third-order valence-corrected chi connectivity index (χ3v) is 13.3. The molecule has 4 aliphatic rings. The first-order valence-corrected chi connectivity index (χ1v) is 25.7. The van der Waals surface area contributed by atoms with E-state index in [1.807, 2.05) is 51.1 Å². The van der Waals surface area contributed by atoms with Gasteiger partial charge in [0.1, 0.15) is 19.2 Å². The number of methoxy groups -OCH3 is 1. The van der Waals surface area contributed by atoms with Crippen LogP contribution in [-0.2, 0) is 86.7 Å². The summed E-state index contributed by atoms with van der Waals surface area (Å²) in [6.45, 7) is 7.70. The van der Waals surface area contributed by atoms with Crippen LogP contribution >= 0.6 is 12.6 Å². The lowest BCUT2D eigenvalue weighted by atomic mass is 9.85. The molecule has 9 rings (SSSR count). The van der Waals surface area contributed by atoms with Gasteiger partial charge in [-0.1, -0.05) is 56.3 Å². The summed E-state index contributed by atoms with van der Waals surface area (Å²) < 4.78 is 25.6. The first-order valence-electron chi connectivity index (χ1n) is 25.2. The number of aryl methyl sites for hydroxylation is 3. The SMILES string of the molecule is CC.CC(Cc1ccccc1)NC(=O)CNC(=O)CNC(=O)CCc1ccc(N2C(=O)CC(S)C2=O)cc1.COCNC(=O)CNC=O.Cc1c(F)cc2nc3c(c4c2c1CCC4)Cn1c-3cc2c(c1=O)COC(=O)C2O. The summed E-state index contributed by atoms with van der Waals surface area (Å²) in [6, 6.07) is 19.6. The molecule has 77 heavy (non-hydrogen) atoms. The number of rotatable bonds is 16.